The third-order valence-electron chi connectivity index (χ3n) is 4.77. The van der Waals surface area contributed by atoms with Gasteiger partial charge in [0.15, 0.2) is 0 Å². The normalized spacial score (nSPS) is 11.1. The van der Waals surface area contributed by atoms with Crippen LogP contribution in [0.2, 0.25) is 0 Å². The average molecular weight is 320 g/mol. The van der Waals surface area contributed by atoms with Gasteiger partial charge in [-0.1, -0.05) is 59.3 Å². The minimum atomic E-state index is 0.421. The van der Waals surface area contributed by atoms with E-state index in [9.17, 15) is 5.11 Å². The fraction of sp³-hybridized carbons (Fsp3) is 0.714. The molecule has 0 spiro atoms. The van der Waals surface area contributed by atoms with Crippen molar-refractivity contribution in [1.29, 1.82) is 0 Å². The van der Waals surface area contributed by atoms with E-state index in [4.69, 9.17) is 5.73 Å². The lowest BCUT2D eigenvalue weighted by Gasteiger charge is -2.19. The minimum absolute atomic E-state index is 0.421. The molecule has 1 rings (SSSR count). The van der Waals surface area contributed by atoms with Crippen molar-refractivity contribution < 1.29 is 5.11 Å². The Balaban J connectivity index is 3.04. The molecule has 0 aliphatic carbocycles. The van der Waals surface area contributed by atoms with Crippen molar-refractivity contribution in [1.82, 2.24) is 0 Å². The van der Waals surface area contributed by atoms with Crippen molar-refractivity contribution in [3.63, 3.8) is 0 Å². The maximum Gasteiger partial charge on any atom is 0.121 e. The molecule has 0 amide bonds. The van der Waals surface area contributed by atoms with Crippen LogP contribution in [0.4, 0.5) is 5.69 Å². The number of benzene rings is 1. The molecule has 0 radical (unpaired) electrons. The largest absolute Gasteiger partial charge is 0.508 e. The lowest BCUT2D eigenvalue weighted by Crippen LogP contribution is -2.06. The van der Waals surface area contributed by atoms with Gasteiger partial charge < -0.3 is 10.8 Å². The highest BCUT2D eigenvalue weighted by atomic mass is 16.3. The number of nitrogens with two attached hydrogens (primary N) is 1. The molecule has 0 heterocycles. The van der Waals surface area contributed by atoms with Crippen LogP contribution in [0.5, 0.6) is 5.75 Å². The first kappa shape index (κ1) is 19.9. The van der Waals surface area contributed by atoms with Crippen LogP contribution >= 0.6 is 0 Å². The first-order valence-corrected chi connectivity index (χ1v) is 9.77. The Morgan fingerprint density at radius 2 is 1.13 bits per heavy atom. The molecule has 0 aliphatic rings. The predicted octanol–water partition coefficient (Wildman–Crippen LogP) is 6.17. The number of nitrogen functional groups attached to an aromatic ring is 1. The van der Waals surface area contributed by atoms with E-state index in [0.29, 0.717) is 5.75 Å². The van der Waals surface area contributed by atoms with Crippen molar-refractivity contribution in [3.8, 4) is 5.75 Å². The molecular weight excluding hydrogens is 282 g/mol. The molecule has 0 fully saturated rings. The second-order valence-corrected chi connectivity index (χ2v) is 6.79. The van der Waals surface area contributed by atoms with Crippen LogP contribution in [0.15, 0.2) is 6.07 Å². The van der Waals surface area contributed by atoms with E-state index in [1.807, 2.05) is 0 Å². The van der Waals surface area contributed by atoms with Crippen molar-refractivity contribution in [2.75, 3.05) is 5.73 Å². The van der Waals surface area contributed by atoms with Gasteiger partial charge in [-0.25, -0.2) is 0 Å². The fourth-order valence-corrected chi connectivity index (χ4v) is 3.36. The number of anilines is 1. The standard InChI is InChI=1S/C21H37NO/c1-4-7-10-13-17-18(14-11-8-5-2)20(22)16-21(23)19(17)15-12-9-6-3/h16,23H,4-15,22H2,1-3H3. The van der Waals surface area contributed by atoms with E-state index in [1.54, 1.807) is 6.07 Å². The van der Waals surface area contributed by atoms with Gasteiger partial charge in [0.2, 0.25) is 0 Å². The van der Waals surface area contributed by atoms with Crippen LogP contribution in [-0.2, 0) is 19.3 Å². The summed E-state index contributed by atoms with van der Waals surface area (Å²) in [6.45, 7) is 6.70. The SMILES string of the molecule is CCCCCc1c(N)cc(O)c(CCCCC)c1CCCCC. The maximum absolute atomic E-state index is 10.4. The van der Waals surface area contributed by atoms with E-state index in [0.717, 1.165) is 31.4 Å². The maximum atomic E-state index is 10.4. The van der Waals surface area contributed by atoms with Crippen molar-refractivity contribution >= 4 is 5.69 Å². The topological polar surface area (TPSA) is 46.2 Å². The van der Waals surface area contributed by atoms with E-state index >= 15 is 0 Å². The zero-order valence-electron chi connectivity index (χ0n) is 15.6. The highest BCUT2D eigenvalue weighted by molar-refractivity contribution is 5.60. The summed E-state index contributed by atoms with van der Waals surface area (Å²) >= 11 is 0. The Morgan fingerprint density at radius 1 is 0.696 bits per heavy atom. The smallest absolute Gasteiger partial charge is 0.121 e. The molecule has 132 valence electrons. The predicted molar refractivity (Wildman–Crippen MR) is 102 cm³/mol. The summed E-state index contributed by atoms with van der Waals surface area (Å²) in [5.41, 5.74) is 10.9. The van der Waals surface area contributed by atoms with E-state index < -0.39 is 0 Å². The number of hydrogen-bond donors (Lipinski definition) is 2. The zero-order chi connectivity index (χ0) is 17.1. The van der Waals surface area contributed by atoms with Gasteiger partial charge in [-0.2, -0.15) is 0 Å². The van der Waals surface area contributed by atoms with Gasteiger partial charge >= 0.3 is 0 Å². The Hall–Kier alpha value is -1.18. The highest BCUT2D eigenvalue weighted by Crippen LogP contribution is 2.33. The van der Waals surface area contributed by atoms with Gasteiger partial charge in [0, 0.05) is 11.8 Å². The summed E-state index contributed by atoms with van der Waals surface area (Å²) in [5, 5.41) is 10.4. The summed E-state index contributed by atoms with van der Waals surface area (Å²) in [6.07, 6.45) is 14.0. The lowest BCUT2D eigenvalue weighted by atomic mass is 9.88. The molecule has 2 nitrogen and oxygen atoms in total. The number of hydrogen-bond acceptors (Lipinski definition) is 2. The second-order valence-electron chi connectivity index (χ2n) is 6.79. The summed E-state index contributed by atoms with van der Waals surface area (Å²) in [5.74, 6) is 0.421. The van der Waals surface area contributed by atoms with Crippen molar-refractivity contribution in [2.24, 2.45) is 0 Å². The van der Waals surface area contributed by atoms with Gasteiger partial charge in [-0.05, 0) is 55.2 Å². The number of aromatic hydroxyl groups is 1. The molecule has 23 heavy (non-hydrogen) atoms. The molecule has 0 aromatic heterocycles. The van der Waals surface area contributed by atoms with E-state index in [1.165, 1.54) is 68.1 Å². The number of unbranched alkanes of at least 4 members (excludes halogenated alkanes) is 6. The second kappa shape index (κ2) is 11.4. The lowest BCUT2D eigenvalue weighted by molar-refractivity contribution is 0.464. The van der Waals surface area contributed by atoms with Crippen LogP contribution in [0.25, 0.3) is 0 Å². The molecule has 2 heteroatoms. The van der Waals surface area contributed by atoms with Crippen molar-refractivity contribution in [2.45, 2.75) is 97.8 Å². The van der Waals surface area contributed by atoms with Crippen LogP contribution < -0.4 is 5.73 Å². The quantitative estimate of drug-likeness (QED) is 0.357. The average Bonchev–Trinajstić information content (AvgIpc) is 2.53. The summed E-state index contributed by atoms with van der Waals surface area (Å²) < 4.78 is 0. The van der Waals surface area contributed by atoms with Gasteiger partial charge in [0.05, 0.1) is 0 Å². The molecule has 0 atom stereocenters. The Morgan fingerprint density at radius 3 is 1.61 bits per heavy atom. The molecule has 0 unspecified atom stereocenters. The van der Waals surface area contributed by atoms with E-state index in [2.05, 4.69) is 20.8 Å². The van der Waals surface area contributed by atoms with Crippen LogP contribution in [0, 0.1) is 0 Å². The summed E-state index contributed by atoms with van der Waals surface area (Å²) in [7, 11) is 0. The van der Waals surface area contributed by atoms with Gasteiger partial charge in [0.25, 0.3) is 0 Å². The first-order valence-electron chi connectivity index (χ1n) is 9.77. The minimum Gasteiger partial charge on any atom is -0.508 e. The molecule has 0 aliphatic heterocycles. The molecule has 0 saturated carbocycles. The molecule has 1 aromatic carbocycles. The Bertz CT molecular complexity index is 419. The molecule has 0 bridgehead atoms. The Labute approximate surface area is 143 Å². The molecular formula is C21H37NO. The Kier molecular flexibility index (Phi) is 9.82. The molecule has 1 aromatic rings. The molecule has 3 N–H and O–H groups in total. The number of rotatable bonds is 12. The van der Waals surface area contributed by atoms with Gasteiger partial charge in [-0.15, -0.1) is 0 Å². The first-order chi connectivity index (χ1) is 11.2. The number of phenolic OH excluding ortho intramolecular Hbond substituents is 1. The van der Waals surface area contributed by atoms with E-state index in [-0.39, 0.29) is 0 Å². The molecule has 0 saturated heterocycles. The fourth-order valence-electron chi connectivity index (χ4n) is 3.36. The third kappa shape index (κ3) is 6.45. The van der Waals surface area contributed by atoms with Crippen molar-refractivity contribution in [3.05, 3.63) is 22.8 Å². The third-order valence-corrected chi connectivity index (χ3v) is 4.77. The monoisotopic (exact) mass is 319 g/mol. The number of phenols is 1. The zero-order valence-corrected chi connectivity index (χ0v) is 15.6. The van der Waals surface area contributed by atoms with Gasteiger partial charge in [-0.3, -0.25) is 0 Å². The summed E-state index contributed by atoms with van der Waals surface area (Å²) in [4.78, 5) is 0. The van der Waals surface area contributed by atoms with Crippen LogP contribution in [-0.4, -0.2) is 5.11 Å². The summed E-state index contributed by atoms with van der Waals surface area (Å²) in [6, 6.07) is 1.80. The highest BCUT2D eigenvalue weighted by Gasteiger charge is 2.16. The van der Waals surface area contributed by atoms with Crippen LogP contribution in [0.3, 0.4) is 0 Å². The van der Waals surface area contributed by atoms with Gasteiger partial charge in [0.1, 0.15) is 5.75 Å². The van der Waals surface area contributed by atoms with Crippen LogP contribution in [0.1, 0.15) is 95.2 Å².